The van der Waals surface area contributed by atoms with Gasteiger partial charge in [0, 0.05) is 31.4 Å². The van der Waals surface area contributed by atoms with Gasteiger partial charge in [0.1, 0.15) is 0 Å². The van der Waals surface area contributed by atoms with Crippen LogP contribution in [-0.4, -0.2) is 43.2 Å². The number of ether oxygens (including phenoxy) is 1. The maximum atomic E-state index is 5.15. The van der Waals surface area contributed by atoms with E-state index < -0.39 is 0 Å². The lowest BCUT2D eigenvalue weighted by molar-refractivity contribution is 0.178. The first-order valence-corrected chi connectivity index (χ1v) is 7.10. The fourth-order valence-electron chi connectivity index (χ4n) is 2.73. The normalized spacial score (nSPS) is 22.2. The van der Waals surface area contributed by atoms with Crippen molar-refractivity contribution in [1.29, 1.82) is 0 Å². The number of rotatable bonds is 5. The average Bonchev–Trinajstić information content (AvgIpc) is 2.45. The molecule has 0 aliphatic carbocycles. The number of pyridine rings is 1. The second-order valence-electron chi connectivity index (χ2n) is 5.54. The van der Waals surface area contributed by atoms with E-state index in [1.165, 1.54) is 31.5 Å². The molecule has 1 fully saturated rings. The van der Waals surface area contributed by atoms with Crippen molar-refractivity contribution < 1.29 is 4.74 Å². The van der Waals surface area contributed by atoms with E-state index >= 15 is 0 Å². The fourth-order valence-corrected chi connectivity index (χ4v) is 2.73. The number of hydrogen-bond acceptors (Lipinski definition) is 4. The SMILES string of the molecule is COc1cc(CNC(C)C2CCCN(C)C2)ccn1. The Morgan fingerprint density at radius 1 is 1.58 bits per heavy atom. The third-order valence-electron chi connectivity index (χ3n) is 4.00. The third kappa shape index (κ3) is 4.18. The predicted molar refractivity (Wildman–Crippen MR) is 77.3 cm³/mol. The summed E-state index contributed by atoms with van der Waals surface area (Å²) in [6, 6.07) is 4.57. The number of nitrogens with zero attached hydrogens (tertiary/aromatic N) is 2. The summed E-state index contributed by atoms with van der Waals surface area (Å²) in [5, 5.41) is 3.63. The number of hydrogen-bond donors (Lipinski definition) is 1. The molecule has 1 aliphatic rings. The van der Waals surface area contributed by atoms with Crippen molar-refractivity contribution in [2.45, 2.75) is 32.4 Å². The summed E-state index contributed by atoms with van der Waals surface area (Å²) < 4.78 is 5.15. The van der Waals surface area contributed by atoms with Crippen LogP contribution in [0.4, 0.5) is 0 Å². The standard InChI is InChI=1S/C15H25N3O/c1-12(14-5-4-8-18(2)11-14)17-10-13-6-7-16-15(9-13)19-3/h6-7,9,12,14,17H,4-5,8,10-11H2,1-3H3. The molecular formula is C15H25N3O. The molecule has 1 aromatic rings. The Hall–Kier alpha value is -1.13. The van der Waals surface area contributed by atoms with Gasteiger partial charge in [0.25, 0.3) is 0 Å². The Morgan fingerprint density at radius 2 is 2.42 bits per heavy atom. The highest BCUT2D eigenvalue weighted by molar-refractivity contribution is 5.20. The maximum absolute atomic E-state index is 5.15. The Kier molecular flexibility index (Phi) is 5.16. The first-order valence-electron chi connectivity index (χ1n) is 7.10. The molecule has 2 unspecified atom stereocenters. The summed E-state index contributed by atoms with van der Waals surface area (Å²) in [5.41, 5.74) is 1.22. The average molecular weight is 263 g/mol. The summed E-state index contributed by atoms with van der Waals surface area (Å²) in [4.78, 5) is 6.56. The highest BCUT2D eigenvalue weighted by Gasteiger charge is 2.22. The van der Waals surface area contributed by atoms with Gasteiger partial charge < -0.3 is 15.0 Å². The molecule has 106 valence electrons. The van der Waals surface area contributed by atoms with E-state index in [1.54, 1.807) is 13.3 Å². The summed E-state index contributed by atoms with van der Waals surface area (Å²) in [6.45, 7) is 5.61. The number of methoxy groups -OCH3 is 1. The van der Waals surface area contributed by atoms with Crippen LogP contribution in [0.1, 0.15) is 25.3 Å². The van der Waals surface area contributed by atoms with Crippen LogP contribution in [-0.2, 0) is 6.54 Å². The molecule has 0 spiro atoms. The molecule has 0 bridgehead atoms. The zero-order chi connectivity index (χ0) is 13.7. The van der Waals surface area contributed by atoms with Crippen LogP contribution in [0.3, 0.4) is 0 Å². The van der Waals surface area contributed by atoms with Crippen molar-refractivity contribution in [3.63, 3.8) is 0 Å². The van der Waals surface area contributed by atoms with Gasteiger partial charge in [-0.25, -0.2) is 4.98 Å². The Labute approximate surface area is 116 Å². The zero-order valence-electron chi connectivity index (χ0n) is 12.2. The smallest absolute Gasteiger partial charge is 0.213 e. The molecule has 2 atom stereocenters. The zero-order valence-corrected chi connectivity index (χ0v) is 12.2. The van der Waals surface area contributed by atoms with Crippen molar-refractivity contribution in [2.75, 3.05) is 27.2 Å². The molecule has 4 heteroatoms. The van der Waals surface area contributed by atoms with Crippen molar-refractivity contribution >= 4 is 0 Å². The summed E-state index contributed by atoms with van der Waals surface area (Å²) in [7, 11) is 3.87. The molecule has 1 aromatic heterocycles. The molecular weight excluding hydrogens is 238 g/mol. The van der Waals surface area contributed by atoms with E-state index in [0.717, 1.165) is 12.5 Å². The molecule has 1 N–H and O–H groups in total. The Morgan fingerprint density at radius 3 is 3.16 bits per heavy atom. The molecule has 0 radical (unpaired) electrons. The van der Waals surface area contributed by atoms with Gasteiger partial charge in [-0.15, -0.1) is 0 Å². The van der Waals surface area contributed by atoms with Gasteiger partial charge in [0.15, 0.2) is 0 Å². The van der Waals surface area contributed by atoms with Gasteiger partial charge in [-0.1, -0.05) is 0 Å². The molecule has 2 heterocycles. The third-order valence-corrected chi connectivity index (χ3v) is 4.00. The van der Waals surface area contributed by atoms with Crippen LogP contribution >= 0.6 is 0 Å². The van der Waals surface area contributed by atoms with Crippen LogP contribution in [0.15, 0.2) is 18.3 Å². The number of piperidine rings is 1. The quantitative estimate of drug-likeness (QED) is 0.880. The highest BCUT2D eigenvalue weighted by Crippen LogP contribution is 2.19. The minimum atomic E-state index is 0.543. The first-order chi connectivity index (χ1) is 9.19. The van der Waals surface area contributed by atoms with Gasteiger partial charge >= 0.3 is 0 Å². The van der Waals surface area contributed by atoms with E-state index in [4.69, 9.17) is 4.74 Å². The summed E-state index contributed by atoms with van der Waals surface area (Å²) >= 11 is 0. The van der Waals surface area contributed by atoms with Crippen molar-refractivity contribution in [2.24, 2.45) is 5.92 Å². The molecule has 0 aromatic carbocycles. The minimum Gasteiger partial charge on any atom is -0.481 e. The van der Waals surface area contributed by atoms with Crippen molar-refractivity contribution in [1.82, 2.24) is 15.2 Å². The molecule has 0 saturated carbocycles. The van der Waals surface area contributed by atoms with Crippen molar-refractivity contribution in [3.05, 3.63) is 23.9 Å². The highest BCUT2D eigenvalue weighted by atomic mass is 16.5. The van der Waals surface area contributed by atoms with E-state index in [2.05, 4.69) is 29.2 Å². The van der Waals surface area contributed by atoms with Crippen LogP contribution in [0.25, 0.3) is 0 Å². The maximum Gasteiger partial charge on any atom is 0.213 e. The molecule has 19 heavy (non-hydrogen) atoms. The van der Waals surface area contributed by atoms with Gasteiger partial charge in [0.05, 0.1) is 7.11 Å². The molecule has 0 amide bonds. The topological polar surface area (TPSA) is 37.4 Å². The Bertz CT molecular complexity index is 397. The van der Waals surface area contributed by atoms with Crippen LogP contribution < -0.4 is 10.1 Å². The first kappa shape index (κ1) is 14.3. The minimum absolute atomic E-state index is 0.543. The summed E-state index contributed by atoms with van der Waals surface area (Å²) in [5.74, 6) is 1.44. The predicted octanol–water partition coefficient (Wildman–Crippen LogP) is 1.91. The van der Waals surface area contributed by atoms with Crippen LogP contribution in [0.5, 0.6) is 5.88 Å². The molecule has 1 saturated heterocycles. The van der Waals surface area contributed by atoms with E-state index in [1.807, 2.05) is 12.1 Å². The van der Waals surface area contributed by atoms with Gasteiger partial charge in [-0.3, -0.25) is 0 Å². The Balaban J connectivity index is 1.83. The monoisotopic (exact) mass is 263 g/mol. The molecule has 2 rings (SSSR count). The lowest BCUT2D eigenvalue weighted by Crippen LogP contribution is -2.42. The van der Waals surface area contributed by atoms with Gasteiger partial charge in [-0.05, 0) is 50.9 Å². The fraction of sp³-hybridized carbons (Fsp3) is 0.667. The van der Waals surface area contributed by atoms with Gasteiger partial charge in [-0.2, -0.15) is 0 Å². The molecule has 1 aliphatic heterocycles. The number of nitrogens with one attached hydrogen (secondary N) is 1. The number of aromatic nitrogens is 1. The van der Waals surface area contributed by atoms with Crippen LogP contribution in [0.2, 0.25) is 0 Å². The lowest BCUT2D eigenvalue weighted by atomic mass is 9.92. The van der Waals surface area contributed by atoms with E-state index in [0.29, 0.717) is 11.9 Å². The van der Waals surface area contributed by atoms with E-state index in [9.17, 15) is 0 Å². The summed E-state index contributed by atoms with van der Waals surface area (Å²) in [6.07, 6.45) is 4.45. The second-order valence-corrected chi connectivity index (χ2v) is 5.54. The lowest BCUT2D eigenvalue weighted by Gasteiger charge is -2.34. The van der Waals surface area contributed by atoms with Crippen LogP contribution in [0, 0.1) is 5.92 Å². The second kappa shape index (κ2) is 6.87. The van der Waals surface area contributed by atoms with E-state index in [-0.39, 0.29) is 0 Å². The largest absolute Gasteiger partial charge is 0.481 e. The van der Waals surface area contributed by atoms with Crippen molar-refractivity contribution in [3.8, 4) is 5.88 Å². The number of likely N-dealkylation sites (tertiary alicyclic amines) is 1. The van der Waals surface area contributed by atoms with Gasteiger partial charge in [0.2, 0.25) is 5.88 Å². The molecule has 4 nitrogen and oxygen atoms in total.